The Kier molecular flexibility index (Phi) is 3.40. The van der Waals surface area contributed by atoms with Gasteiger partial charge in [0.15, 0.2) is 0 Å². The van der Waals surface area contributed by atoms with Gasteiger partial charge in [0.1, 0.15) is 0 Å². The van der Waals surface area contributed by atoms with Crippen LogP contribution in [0.1, 0.15) is 35.2 Å². The minimum atomic E-state index is -0.702. The maximum Gasteiger partial charge on any atom is 0.252 e. The largest absolute Gasteiger partial charge is 0.388 e. The Balaban J connectivity index is 2.02. The van der Waals surface area contributed by atoms with Gasteiger partial charge in [-0.15, -0.1) is 0 Å². The van der Waals surface area contributed by atoms with Gasteiger partial charge >= 0.3 is 0 Å². The number of hydrogen-bond donors (Lipinski definition) is 2. The molecule has 0 aliphatic heterocycles. The van der Waals surface area contributed by atoms with Crippen LogP contribution in [0.15, 0.2) is 18.2 Å². The van der Waals surface area contributed by atoms with Crippen LogP contribution in [0.2, 0.25) is 5.02 Å². The van der Waals surface area contributed by atoms with Gasteiger partial charge in [0, 0.05) is 6.54 Å². The number of nitrogens with one attached hydrogen (secondary N) is 1. The molecule has 3 nitrogen and oxygen atoms in total. The summed E-state index contributed by atoms with van der Waals surface area (Å²) in [5.41, 5.74) is 0.641. The highest BCUT2D eigenvalue weighted by atomic mass is 35.5. The normalized spacial score (nSPS) is 17.4. The number of carbonyl (C=O) groups excluding carboxylic acids is 1. The van der Waals surface area contributed by atoms with Crippen LogP contribution >= 0.6 is 11.6 Å². The number of benzene rings is 1. The van der Waals surface area contributed by atoms with Crippen LogP contribution in [-0.2, 0) is 0 Å². The lowest BCUT2D eigenvalue weighted by Crippen LogP contribution is -2.47. The van der Waals surface area contributed by atoms with E-state index in [0.717, 1.165) is 24.8 Å². The van der Waals surface area contributed by atoms with Gasteiger partial charge in [0.25, 0.3) is 5.91 Å². The van der Waals surface area contributed by atoms with Crippen molar-refractivity contribution in [3.63, 3.8) is 0 Å². The zero-order valence-corrected chi connectivity index (χ0v) is 10.5. The van der Waals surface area contributed by atoms with E-state index in [-0.39, 0.29) is 5.91 Å². The average molecular weight is 254 g/mol. The molecule has 92 valence electrons. The molecule has 1 aliphatic carbocycles. The first kappa shape index (κ1) is 12.4. The summed E-state index contributed by atoms with van der Waals surface area (Å²) in [4.78, 5) is 11.9. The van der Waals surface area contributed by atoms with Gasteiger partial charge in [-0.3, -0.25) is 4.79 Å². The number of amides is 1. The molecule has 2 N–H and O–H groups in total. The molecule has 1 aliphatic rings. The molecule has 17 heavy (non-hydrogen) atoms. The van der Waals surface area contributed by atoms with Crippen molar-refractivity contribution in [2.75, 3.05) is 6.54 Å². The summed E-state index contributed by atoms with van der Waals surface area (Å²) in [5.74, 6) is -0.223. The van der Waals surface area contributed by atoms with E-state index in [9.17, 15) is 9.90 Å². The number of rotatable bonds is 3. The molecule has 0 atom stereocenters. The van der Waals surface area contributed by atoms with Gasteiger partial charge in [-0.05, 0) is 37.8 Å². The van der Waals surface area contributed by atoms with Gasteiger partial charge in [0.05, 0.1) is 16.2 Å². The Hall–Kier alpha value is -1.06. The second-order valence-corrected chi connectivity index (χ2v) is 5.07. The predicted molar refractivity (Wildman–Crippen MR) is 67.3 cm³/mol. The second-order valence-electron chi connectivity index (χ2n) is 4.70. The van der Waals surface area contributed by atoms with Gasteiger partial charge in [-0.1, -0.05) is 23.7 Å². The lowest BCUT2D eigenvalue weighted by atomic mass is 9.80. The van der Waals surface area contributed by atoms with Crippen molar-refractivity contribution >= 4 is 17.5 Å². The maximum atomic E-state index is 11.9. The van der Waals surface area contributed by atoms with Gasteiger partial charge in [0.2, 0.25) is 0 Å². The van der Waals surface area contributed by atoms with Crippen LogP contribution in [-0.4, -0.2) is 23.2 Å². The summed E-state index contributed by atoms with van der Waals surface area (Å²) in [7, 11) is 0. The Bertz CT molecular complexity index is 441. The van der Waals surface area contributed by atoms with Gasteiger partial charge in [-0.25, -0.2) is 0 Å². The molecule has 0 spiro atoms. The highest BCUT2D eigenvalue weighted by molar-refractivity contribution is 6.34. The standard InChI is InChI=1S/C13H16ClNO2/c1-9-4-2-5-10(11(9)14)12(16)15-8-13(17)6-3-7-13/h2,4-5,17H,3,6-8H2,1H3,(H,15,16). The molecule has 1 aromatic rings. The fourth-order valence-corrected chi connectivity index (χ4v) is 2.14. The van der Waals surface area contributed by atoms with E-state index in [2.05, 4.69) is 5.32 Å². The smallest absolute Gasteiger partial charge is 0.252 e. The van der Waals surface area contributed by atoms with E-state index >= 15 is 0 Å². The van der Waals surface area contributed by atoms with E-state index < -0.39 is 5.60 Å². The van der Waals surface area contributed by atoms with Crippen molar-refractivity contribution in [3.8, 4) is 0 Å². The van der Waals surface area contributed by atoms with Crippen molar-refractivity contribution in [2.45, 2.75) is 31.8 Å². The molecule has 0 aromatic heterocycles. The van der Waals surface area contributed by atoms with Crippen molar-refractivity contribution in [3.05, 3.63) is 34.3 Å². The zero-order chi connectivity index (χ0) is 12.5. The highest BCUT2D eigenvalue weighted by Gasteiger charge is 2.34. The Morgan fingerprint density at radius 3 is 2.82 bits per heavy atom. The first-order chi connectivity index (χ1) is 8.02. The quantitative estimate of drug-likeness (QED) is 0.868. The Morgan fingerprint density at radius 1 is 1.53 bits per heavy atom. The summed E-state index contributed by atoms with van der Waals surface area (Å²) in [6.07, 6.45) is 2.54. The molecule has 0 unspecified atom stereocenters. The summed E-state index contributed by atoms with van der Waals surface area (Å²) >= 11 is 6.06. The number of aryl methyl sites for hydroxylation is 1. The lowest BCUT2D eigenvalue weighted by molar-refractivity contribution is -0.0300. The third kappa shape index (κ3) is 2.61. The number of aliphatic hydroxyl groups is 1. The van der Waals surface area contributed by atoms with Crippen LogP contribution < -0.4 is 5.32 Å². The molecular formula is C13H16ClNO2. The van der Waals surface area contributed by atoms with Crippen LogP contribution in [0.4, 0.5) is 0 Å². The minimum absolute atomic E-state index is 0.223. The topological polar surface area (TPSA) is 49.3 Å². The molecular weight excluding hydrogens is 238 g/mol. The van der Waals surface area contributed by atoms with Crippen molar-refractivity contribution < 1.29 is 9.90 Å². The van der Waals surface area contributed by atoms with Crippen LogP contribution in [0.5, 0.6) is 0 Å². The molecule has 2 rings (SSSR count). The van der Waals surface area contributed by atoms with Crippen molar-refractivity contribution in [1.29, 1.82) is 0 Å². The molecule has 1 aromatic carbocycles. The fourth-order valence-electron chi connectivity index (χ4n) is 1.92. The van der Waals surface area contributed by atoms with E-state index in [1.165, 1.54) is 0 Å². The summed E-state index contributed by atoms with van der Waals surface area (Å²) in [6, 6.07) is 5.35. The molecule has 0 saturated heterocycles. The van der Waals surface area contributed by atoms with Gasteiger partial charge < -0.3 is 10.4 Å². The SMILES string of the molecule is Cc1cccc(C(=O)NCC2(O)CCC2)c1Cl. The van der Waals surface area contributed by atoms with Crippen LogP contribution in [0.3, 0.4) is 0 Å². The average Bonchev–Trinajstić information content (AvgIpc) is 2.27. The molecule has 0 bridgehead atoms. The predicted octanol–water partition coefficient (Wildman–Crippen LogP) is 2.29. The number of hydrogen-bond acceptors (Lipinski definition) is 2. The Morgan fingerprint density at radius 2 is 2.24 bits per heavy atom. The summed E-state index contributed by atoms with van der Waals surface area (Å²) in [6.45, 7) is 2.16. The fraction of sp³-hybridized carbons (Fsp3) is 0.462. The monoisotopic (exact) mass is 253 g/mol. The third-order valence-corrected chi connectivity index (χ3v) is 3.80. The van der Waals surface area contributed by atoms with Crippen molar-refractivity contribution in [2.24, 2.45) is 0 Å². The van der Waals surface area contributed by atoms with E-state index in [1.54, 1.807) is 12.1 Å². The molecule has 1 amide bonds. The van der Waals surface area contributed by atoms with Crippen LogP contribution in [0, 0.1) is 6.92 Å². The molecule has 1 fully saturated rings. The third-order valence-electron chi connectivity index (χ3n) is 3.30. The van der Waals surface area contributed by atoms with E-state index in [1.807, 2.05) is 13.0 Å². The maximum absolute atomic E-state index is 11.9. The molecule has 0 heterocycles. The second kappa shape index (κ2) is 4.67. The first-order valence-electron chi connectivity index (χ1n) is 5.77. The minimum Gasteiger partial charge on any atom is -0.388 e. The lowest BCUT2D eigenvalue weighted by Gasteiger charge is -2.36. The molecule has 0 radical (unpaired) electrons. The summed E-state index contributed by atoms with van der Waals surface area (Å²) in [5, 5.41) is 13.1. The Labute approximate surface area is 106 Å². The highest BCUT2D eigenvalue weighted by Crippen LogP contribution is 2.30. The number of halogens is 1. The van der Waals surface area contributed by atoms with Crippen molar-refractivity contribution in [1.82, 2.24) is 5.32 Å². The van der Waals surface area contributed by atoms with Gasteiger partial charge in [-0.2, -0.15) is 0 Å². The van der Waals surface area contributed by atoms with E-state index in [0.29, 0.717) is 17.1 Å². The zero-order valence-electron chi connectivity index (χ0n) is 9.79. The first-order valence-corrected chi connectivity index (χ1v) is 6.15. The summed E-state index contributed by atoms with van der Waals surface area (Å²) < 4.78 is 0. The number of carbonyl (C=O) groups is 1. The molecule has 4 heteroatoms. The van der Waals surface area contributed by atoms with Crippen LogP contribution in [0.25, 0.3) is 0 Å². The molecule has 1 saturated carbocycles. The van der Waals surface area contributed by atoms with E-state index in [4.69, 9.17) is 11.6 Å².